The first kappa shape index (κ1) is 15.9. The highest BCUT2D eigenvalue weighted by Gasteiger charge is 2.28. The smallest absolute Gasteiger partial charge is 0.119 e. The summed E-state index contributed by atoms with van der Waals surface area (Å²) in [7, 11) is 3.42. The van der Waals surface area contributed by atoms with E-state index in [0.717, 1.165) is 37.6 Å². The molecule has 0 aromatic heterocycles. The van der Waals surface area contributed by atoms with Crippen molar-refractivity contribution in [3.63, 3.8) is 0 Å². The first-order valence-corrected chi connectivity index (χ1v) is 8.12. The highest BCUT2D eigenvalue weighted by Crippen LogP contribution is 2.29. The summed E-state index contributed by atoms with van der Waals surface area (Å²) in [5.41, 5.74) is 2.63. The zero-order chi connectivity index (χ0) is 16.1. The molecule has 3 rings (SSSR count). The lowest BCUT2D eigenvalue weighted by molar-refractivity contribution is 0.180. The molecule has 0 N–H and O–H groups in total. The van der Waals surface area contributed by atoms with E-state index >= 15 is 0 Å². The van der Waals surface area contributed by atoms with Crippen molar-refractivity contribution in [3.05, 3.63) is 59.7 Å². The molecule has 122 valence electrons. The van der Waals surface area contributed by atoms with Crippen LogP contribution in [0.2, 0.25) is 0 Å². The fourth-order valence-corrected chi connectivity index (χ4v) is 3.30. The standard InChI is InChI=1S/C20H24O3/c1-21-19-7-3-5-15(11-19)9-17-13-23-14-18(17)10-16-6-4-8-20(12-16)22-2/h3-8,11-12,17-18H,9-10,13-14H2,1-2H3/t17-,18-/m1/s1. The number of ether oxygens (including phenoxy) is 3. The van der Waals surface area contributed by atoms with Gasteiger partial charge >= 0.3 is 0 Å². The van der Waals surface area contributed by atoms with Gasteiger partial charge in [0.15, 0.2) is 0 Å². The molecule has 0 spiro atoms. The second kappa shape index (κ2) is 7.51. The Morgan fingerprint density at radius 2 is 1.30 bits per heavy atom. The summed E-state index contributed by atoms with van der Waals surface area (Å²) in [6.07, 6.45) is 2.07. The summed E-state index contributed by atoms with van der Waals surface area (Å²) in [5, 5.41) is 0. The molecule has 2 aromatic carbocycles. The van der Waals surface area contributed by atoms with Crippen molar-refractivity contribution in [3.8, 4) is 11.5 Å². The number of methoxy groups -OCH3 is 2. The van der Waals surface area contributed by atoms with Crippen LogP contribution in [0.4, 0.5) is 0 Å². The lowest BCUT2D eigenvalue weighted by Gasteiger charge is -2.18. The maximum atomic E-state index is 5.76. The normalized spacial score (nSPS) is 20.4. The molecule has 0 unspecified atom stereocenters. The minimum absolute atomic E-state index is 0.549. The number of rotatable bonds is 6. The first-order valence-electron chi connectivity index (χ1n) is 8.12. The Bertz CT molecular complexity index is 583. The summed E-state index contributed by atoms with van der Waals surface area (Å²) in [5.74, 6) is 2.94. The maximum absolute atomic E-state index is 5.76. The van der Waals surface area contributed by atoms with E-state index in [2.05, 4.69) is 36.4 Å². The average molecular weight is 312 g/mol. The van der Waals surface area contributed by atoms with E-state index in [4.69, 9.17) is 14.2 Å². The van der Waals surface area contributed by atoms with Crippen LogP contribution < -0.4 is 9.47 Å². The van der Waals surface area contributed by atoms with Crippen molar-refractivity contribution < 1.29 is 14.2 Å². The average Bonchev–Trinajstić information content (AvgIpc) is 3.02. The molecular formula is C20H24O3. The third kappa shape index (κ3) is 4.05. The SMILES string of the molecule is COc1cccc(C[C@@H]2COC[C@H]2Cc2cccc(OC)c2)c1. The highest BCUT2D eigenvalue weighted by molar-refractivity contribution is 5.30. The van der Waals surface area contributed by atoms with Crippen molar-refractivity contribution in [1.82, 2.24) is 0 Å². The van der Waals surface area contributed by atoms with E-state index in [-0.39, 0.29) is 0 Å². The number of hydrogen-bond donors (Lipinski definition) is 0. The Balaban J connectivity index is 1.67. The zero-order valence-corrected chi connectivity index (χ0v) is 13.8. The molecule has 1 aliphatic heterocycles. The second-order valence-corrected chi connectivity index (χ2v) is 6.17. The molecule has 3 heteroatoms. The van der Waals surface area contributed by atoms with Gasteiger partial charge in [0.2, 0.25) is 0 Å². The van der Waals surface area contributed by atoms with Gasteiger partial charge in [0.25, 0.3) is 0 Å². The third-order valence-electron chi connectivity index (χ3n) is 4.59. The molecule has 0 amide bonds. The number of hydrogen-bond acceptors (Lipinski definition) is 3. The van der Waals surface area contributed by atoms with Crippen molar-refractivity contribution in [2.75, 3.05) is 27.4 Å². The quantitative estimate of drug-likeness (QED) is 0.813. The van der Waals surface area contributed by atoms with Crippen molar-refractivity contribution in [2.24, 2.45) is 11.8 Å². The molecule has 0 radical (unpaired) electrons. The first-order chi connectivity index (χ1) is 11.3. The van der Waals surface area contributed by atoms with Gasteiger partial charge in [-0.3, -0.25) is 0 Å². The van der Waals surface area contributed by atoms with Gasteiger partial charge in [-0.2, -0.15) is 0 Å². The molecular weight excluding hydrogens is 288 g/mol. The molecule has 0 aliphatic carbocycles. The predicted molar refractivity (Wildman–Crippen MR) is 91.2 cm³/mol. The lowest BCUT2D eigenvalue weighted by atomic mass is 9.85. The van der Waals surface area contributed by atoms with Crippen LogP contribution in [0.1, 0.15) is 11.1 Å². The van der Waals surface area contributed by atoms with Crippen LogP contribution in [0.15, 0.2) is 48.5 Å². The largest absolute Gasteiger partial charge is 0.497 e. The summed E-state index contributed by atoms with van der Waals surface area (Å²) in [4.78, 5) is 0. The zero-order valence-electron chi connectivity index (χ0n) is 13.8. The van der Waals surface area contributed by atoms with Crippen LogP contribution in [0, 0.1) is 11.8 Å². The van der Waals surface area contributed by atoms with Gasteiger partial charge in [-0.15, -0.1) is 0 Å². The van der Waals surface area contributed by atoms with E-state index < -0.39 is 0 Å². The van der Waals surface area contributed by atoms with Crippen LogP contribution >= 0.6 is 0 Å². The minimum Gasteiger partial charge on any atom is -0.497 e. The van der Waals surface area contributed by atoms with Crippen LogP contribution in [0.5, 0.6) is 11.5 Å². The lowest BCUT2D eigenvalue weighted by Crippen LogP contribution is -2.17. The van der Waals surface area contributed by atoms with E-state index in [1.165, 1.54) is 11.1 Å². The Morgan fingerprint density at radius 1 is 0.826 bits per heavy atom. The van der Waals surface area contributed by atoms with Gasteiger partial charge in [-0.05, 0) is 60.1 Å². The Morgan fingerprint density at radius 3 is 1.74 bits per heavy atom. The molecule has 23 heavy (non-hydrogen) atoms. The predicted octanol–water partition coefficient (Wildman–Crippen LogP) is 3.75. The fourth-order valence-electron chi connectivity index (χ4n) is 3.30. The number of benzene rings is 2. The highest BCUT2D eigenvalue weighted by atomic mass is 16.5. The summed E-state index contributed by atoms with van der Waals surface area (Å²) < 4.78 is 16.4. The van der Waals surface area contributed by atoms with Crippen molar-refractivity contribution >= 4 is 0 Å². The van der Waals surface area contributed by atoms with Gasteiger partial charge < -0.3 is 14.2 Å². The van der Waals surface area contributed by atoms with Crippen LogP contribution in [-0.4, -0.2) is 27.4 Å². The van der Waals surface area contributed by atoms with Gasteiger partial charge in [0.1, 0.15) is 11.5 Å². The van der Waals surface area contributed by atoms with Crippen LogP contribution in [-0.2, 0) is 17.6 Å². The van der Waals surface area contributed by atoms with Crippen LogP contribution in [0.3, 0.4) is 0 Å². The molecule has 2 atom stereocenters. The van der Waals surface area contributed by atoms with Crippen molar-refractivity contribution in [2.45, 2.75) is 12.8 Å². The molecule has 0 saturated carbocycles. The van der Waals surface area contributed by atoms with E-state index in [0.29, 0.717) is 11.8 Å². The molecule has 1 aliphatic rings. The Labute approximate surface area is 138 Å². The molecule has 1 saturated heterocycles. The molecule has 1 heterocycles. The van der Waals surface area contributed by atoms with Gasteiger partial charge in [-0.25, -0.2) is 0 Å². The van der Waals surface area contributed by atoms with E-state index in [1.54, 1.807) is 14.2 Å². The summed E-state index contributed by atoms with van der Waals surface area (Å²) >= 11 is 0. The van der Waals surface area contributed by atoms with Gasteiger partial charge in [0, 0.05) is 0 Å². The Kier molecular flexibility index (Phi) is 5.19. The monoisotopic (exact) mass is 312 g/mol. The van der Waals surface area contributed by atoms with Crippen LogP contribution in [0.25, 0.3) is 0 Å². The van der Waals surface area contributed by atoms with E-state index in [1.807, 2.05) is 12.1 Å². The minimum atomic E-state index is 0.549. The Hall–Kier alpha value is -2.00. The molecule has 1 fully saturated rings. The third-order valence-corrected chi connectivity index (χ3v) is 4.59. The molecule has 2 aromatic rings. The topological polar surface area (TPSA) is 27.7 Å². The molecule has 0 bridgehead atoms. The maximum Gasteiger partial charge on any atom is 0.119 e. The fraction of sp³-hybridized carbons (Fsp3) is 0.400. The van der Waals surface area contributed by atoms with Crippen molar-refractivity contribution in [1.29, 1.82) is 0 Å². The van der Waals surface area contributed by atoms with Gasteiger partial charge in [-0.1, -0.05) is 24.3 Å². The second-order valence-electron chi connectivity index (χ2n) is 6.17. The summed E-state index contributed by atoms with van der Waals surface area (Å²) in [6.45, 7) is 1.68. The summed E-state index contributed by atoms with van der Waals surface area (Å²) in [6, 6.07) is 16.7. The van der Waals surface area contributed by atoms with E-state index in [9.17, 15) is 0 Å². The molecule has 3 nitrogen and oxygen atoms in total. The van der Waals surface area contributed by atoms with Gasteiger partial charge in [0.05, 0.1) is 27.4 Å².